The Labute approximate surface area is 180 Å². The van der Waals surface area contributed by atoms with Crippen LogP contribution in [-0.4, -0.2) is 31.0 Å². The van der Waals surface area contributed by atoms with E-state index in [0.29, 0.717) is 5.56 Å². The summed E-state index contributed by atoms with van der Waals surface area (Å²) < 4.78 is 72.2. The molecule has 0 fully saturated rings. The lowest BCUT2D eigenvalue weighted by Gasteiger charge is -2.11. The Morgan fingerprint density at radius 2 is 1.90 bits per heavy atom. The van der Waals surface area contributed by atoms with Crippen LogP contribution >= 0.6 is 11.6 Å². The number of rotatable bonds is 5. The average molecular weight is 474 g/mol. The minimum Gasteiger partial charge on any atom is -0.497 e. The third-order valence-electron chi connectivity index (χ3n) is 4.16. The minimum atomic E-state index is -4.55. The molecule has 0 aliphatic carbocycles. The standard InChI is InChI=1S/C19H15ClF3N3O4S/c1-11-5-12(19(21,22)23)7-13(6-11)26-9-16(24-10-26)18(27)25-31(28,29)17-8-14(30-2)3-4-15(17)20/h3-10H,1-2H3,(H,25,27). The SMILES string of the molecule is COc1ccc(Cl)c(S(=O)(=O)NC(=O)c2cn(-c3cc(C)cc(C(F)(F)F)c3)cn2)c1. The van der Waals surface area contributed by atoms with Crippen LogP contribution in [0.1, 0.15) is 21.6 Å². The molecule has 0 bridgehead atoms. The summed E-state index contributed by atoms with van der Waals surface area (Å²) in [7, 11) is -3.03. The van der Waals surface area contributed by atoms with Crippen LogP contribution in [-0.2, 0) is 16.2 Å². The molecular formula is C19H15ClF3N3O4S. The summed E-state index contributed by atoms with van der Waals surface area (Å²) in [6.45, 7) is 1.49. The molecule has 31 heavy (non-hydrogen) atoms. The summed E-state index contributed by atoms with van der Waals surface area (Å²) in [5.41, 5.74) is -0.729. The van der Waals surface area contributed by atoms with Gasteiger partial charge in [0.15, 0.2) is 0 Å². The van der Waals surface area contributed by atoms with Crippen molar-refractivity contribution in [2.45, 2.75) is 18.0 Å². The van der Waals surface area contributed by atoms with Crippen molar-refractivity contribution in [3.63, 3.8) is 0 Å². The van der Waals surface area contributed by atoms with Gasteiger partial charge in [-0.1, -0.05) is 11.6 Å². The number of sulfonamides is 1. The molecule has 0 aliphatic heterocycles. The van der Waals surface area contributed by atoms with E-state index in [2.05, 4.69) is 4.98 Å². The van der Waals surface area contributed by atoms with Crippen LogP contribution in [0.15, 0.2) is 53.8 Å². The minimum absolute atomic E-state index is 0.109. The average Bonchev–Trinajstić information content (AvgIpc) is 3.17. The first-order valence-corrected chi connectivity index (χ1v) is 10.4. The quantitative estimate of drug-likeness (QED) is 0.605. The molecule has 3 rings (SSSR count). The highest BCUT2D eigenvalue weighted by molar-refractivity contribution is 7.90. The molecule has 1 aromatic heterocycles. The topological polar surface area (TPSA) is 90.3 Å². The molecule has 0 aliphatic rings. The Kier molecular flexibility index (Phi) is 6.01. The monoisotopic (exact) mass is 473 g/mol. The van der Waals surface area contributed by atoms with Crippen molar-refractivity contribution in [1.82, 2.24) is 14.3 Å². The van der Waals surface area contributed by atoms with E-state index in [4.69, 9.17) is 16.3 Å². The fourth-order valence-electron chi connectivity index (χ4n) is 2.70. The third kappa shape index (κ3) is 5.00. The molecule has 12 heteroatoms. The fraction of sp³-hybridized carbons (Fsp3) is 0.158. The van der Waals surface area contributed by atoms with E-state index in [1.807, 2.05) is 4.72 Å². The van der Waals surface area contributed by atoms with E-state index in [1.165, 1.54) is 36.8 Å². The smallest absolute Gasteiger partial charge is 0.416 e. The summed E-state index contributed by atoms with van der Waals surface area (Å²) >= 11 is 5.92. The zero-order valence-electron chi connectivity index (χ0n) is 16.1. The van der Waals surface area contributed by atoms with Crippen LogP contribution in [0, 0.1) is 6.92 Å². The largest absolute Gasteiger partial charge is 0.497 e. The number of nitrogens with one attached hydrogen (secondary N) is 1. The second kappa shape index (κ2) is 8.23. The number of halogens is 4. The number of imidazole rings is 1. The number of hydrogen-bond acceptors (Lipinski definition) is 5. The van der Waals surface area contributed by atoms with Gasteiger partial charge in [0.2, 0.25) is 0 Å². The van der Waals surface area contributed by atoms with Gasteiger partial charge < -0.3 is 9.30 Å². The van der Waals surface area contributed by atoms with Gasteiger partial charge in [-0.2, -0.15) is 13.2 Å². The first-order chi connectivity index (χ1) is 14.4. The second-order valence-corrected chi connectivity index (χ2v) is 8.51. The number of aryl methyl sites for hydroxylation is 1. The van der Waals surface area contributed by atoms with Gasteiger partial charge in [-0.15, -0.1) is 0 Å². The number of ether oxygens (including phenoxy) is 1. The Balaban J connectivity index is 1.88. The zero-order chi connectivity index (χ0) is 23.0. The molecule has 0 radical (unpaired) electrons. The lowest BCUT2D eigenvalue weighted by molar-refractivity contribution is -0.137. The van der Waals surface area contributed by atoms with Gasteiger partial charge in [-0.3, -0.25) is 4.79 Å². The number of carbonyl (C=O) groups is 1. The van der Waals surface area contributed by atoms with E-state index in [1.54, 1.807) is 0 Å². The first-order valence-electron chi connectivity index (χ1n) is 8.54. The highest BCUT2D eigenvalue weighted by atomic mass is 35.5. The number of nitrogens with zero attached hydrogens (tertiary/aromatic N) is 2. The molecule has 1 heterocycles. The van der Waals surface area contributed by atoms with E-state index in [0.717, 1.165) is 30.7 Å². The van der Waals surface area contributed by atoms with E-state index < -0.39 is 27.7 Å². The van der Waals surface area contributed by atoms with Gasteiger partial charge in [0, 0.05) is 18.0 Å². The summed E-state index contributed by atoms with van der Waals surface area (Å²) in [6, 6.07) is 7.22. The van der Waals surface area contributed by atoms with Crippen LogP contribution in [0.3, 0.4) is 0 Å². The lowest BCUT2D eigenvalue weighted by Crippen LogP contribution is -2.31. The molecule has 7 nitrogen and oxygen atoms in total. The molecule has 164 valence electrons. The van der Waals surface area contributed by atoms with Crippen LogP contribution in [0.5, 0.6) is 5.75 Å². The van der Waals surface area contributed by atoms with Gasteiger partial charge in [0.1, 0.15) is 22.7 Å². The maximum atomic E-state index is 13.1. The molecule has 0 atom stereocenters. The molecule has 1 amide bonds. The molecule has 3 aromatic rings. The molecule has 0 unspecified atom stereocenters. The number of amides is 1. The number of aromatic nitrogens is 2. The fourth-order valence-corrected chi connectivity index (χ4v) is 4.18. The van der Waals surface area contributed by atoms with Crippen molar-refractivity contribution in [2.24, 2.45) is 0 Å². The summed E-state index contributed by atoms with van der Waals surface area (Å²) in [4.78, 5) is 15.8. The van der Waals surface area contributed by atoms with Crippen molar-refractivity contribution < 1.29 is 31.1 Å². The number of methoxy groups -OCH3 is 1. The number of benzene rings is 2. The second-order valence-electron chi connectivity index (χ2n) is 6.45. The van der Waals surface area contributed by atoms with E-state index in [-0.39, 0.29) is 27.0 Å². The molecule has 0 saturated carbocycles. The maximum absolute atomic E-state index is 13.1. The Hall–Kier alpha value is -3.05. The predicted octanol–water partition coefficient (Wildman–Crippen LogP) is 3.98. The lowest BCUT2D eigenvalue weighted by atomic mass is 10.1. The Morgan fingerprint density at radius 3 is 2.55 bits per heavy atom. The molecular weight excluding hydrogens is 459 g/mol. The Morgan fingerprint density at radius 1 is 1.19 bits per heavy atom. The highest BCUT2D eigenvalue weighted by Gasteiger charge is 2.31. The van der Waals surface area contributed by atoms with Crippen LogP contribution < -0.4 is 9.46 Å². The van der Waals surface area contributed by atoms with Gasteiger partial charge in [-0.25, -0.2) is 18.1 Å². The predicted molar refractivity (Wildman–Crippen MR) is 106 cm³/mol. The number of carbonyl (C=O) groups excluding carboxylic acids is 1. The van der Waals surface area contributed by atoms with Crippen LogP contribution in [0.25, 0.3) is 5.69 Å². The van der Waals surface area contributed by atoms with E-state index >= 15 is 0 Å². The normalized spacial score (nSPS) is 11.9. The van der Waals surface area contributed by atoms with Crippen LogP contribution in [0.2, 0.25) is 5.02 Å². The van der Waals surface area contributed by atoms with Crippen molar-refractivity contribution in [3.05, 3.63) is 70.8 Å². The highest BCUT2D eigenvalue weighted by Crippen LogP contribution is 2.31. The van der Waals surface area contributed by atoms with Crippen LogP contribution in [0.4, 0.5) is 13.2 Å². The summed E-state index contributed by atoms with van der Waals surface area (Å²) in [6.07, 6.45) is -2.33. The number of hydrogen-bond donors (Lipinski definition) is 1. The van der Waals surface area contributed by atoms with Gasteiger partial charge in [-0.05, 0) is 42.8 Å². The zero-order valence-corrected chi connectivity index (χ0v) is 17.6. The van der Waals surface area contributed by atoms with Crippen molar-refractivity contribution in [2.75, 3.05) is 7.11 Å². The van der Waals surface area contributed by atoms with Crippen molar-refractivity contribution in [1.29, 1.82) is 0 Å². The van der Waals surface area contributed by atoms with Gasteiger partial charge in [0.25, 0.3) is 15.9 Å². The third-order valence-corrected chi connectivity index (χ3v) is 5.97. The molecule has 0 saturated heterocycles. The summed E-state index contributed by atoms with van der Waals surface area (Å²) in [5.74, 6) is -0.872. The van der Waals surface area contributed by atoms with Gasteiger partial charge >= 0.3 is 6.18 Å². The summed E-state index contributed by atoms with van der Waals surface area (Å²) in [5, 5.41) is -0.133. The molecule has 1 N–H and O–H groups in total. The van der Waals surface area contributed by atoms with Crippen molar-refractivity contribution >= 4 is 27.5 Å². The maximum Gasteiger partial charge on any atom is 0.416 e. The molecule has 0 spiro atoms. The number of alkyl halides is 3. The van der Waals surface area contributed by atoms with Gasteiger partial charge in [0.05, 0.1) is 17.7 Å². The Bertz CT molecular complexity index is 1260. The first kappa shape index (κ1) is 22.6. The molecule has 2 aromatic carbocycles. The van der Waals surface area contributed by atoms with Crippen molar-refractivity contribution in [3.8, 4) is 11.4 Å². The van der Waals surface area contributed by atoms with E-state index in [9.17, 15) is 26.4 Å².